The molecule has 0 unspecified atom stereocenters. The van der Waals surface area contributed by atoms with Gasteiger partial charge >= 0.3 is 0 Å². The van der Waals surface area contributed by atoms with E-state index in [0.29, 0.717) is 25.4 Å². The van der Waals surface area contributed by atoms with Gasteiger partial charge in [0.1, 0.15) is 0 Å². The number of amides is 1. The molecule has 0 spiro atoms. The zero-order chi connectivity index (χ0) is 23.5. The third kappa shape index (κ3) is 6.92. The van der Waals surface area contributed by atoms with E-state index >= 15 is 0 Å². The Balaban J connectivity index is 1.89. The number of hydrogen-bond donors (Lipinski definition) is 0. The Morgan fingerprint density at radius 3 is 2.41 bits per heavy atom. The highest BCUT2D eigenvalue weighted by atomic mass is 32.2. The first-order valence-corrected chi connectivity index (χ1v) is 13.2. The lowest BCUT2D eigenvalue weighted by Gasteiger charge is -2.27. The van der Waals surface area contributed by atoms with Gasteiger partial charge < -0.3 is 9.47 Å². The Morgan fingerprint density at radius 2 is 1.84 bits per heavy atom. The normalized spacial score (nSPS) is 14.7. The summed E-state index contributed by atoms with van der Waals surface area (Å²) in [6.45, 7) is 12.0. The van der Waals surface area contributed by atoms with E-state index in [0.717, 1.165) is 30.6 Å². The smallest absolute Gasteiger partial charge is 0.228 e. The van der Waals surface area contributed by atoms with Crippen molar-refractivity contribution in [1.82, 2.24) is 14.5 Å². The van der Waals surface area contributed by atoms with Crippen LogP contribution in [0.25, 0.3) is 0 Å². The van der Waals surface area contributed by atoms with Gasteiger partial charge in [0.05, 0.1) is 24.2 Å². The van der Waals surface area contributed by atoms with Crippen LogP contribution in [0.5, 0.6) is 0 Å². The molecule has 0 atom stereocenters. The van der Waals surface area contributed by atoms with E-state index in [1.54, 1.807) is 6.20 Å². The zero-order valence-electron chi connectivity index (χ0n) is 20.0. The average Bonchev–Trinajstić information content (AvgIpc) is 3.40. The number of imidazole rings is 1. The number of nitrogens with zero attached hydrogens (tertiary/aromatic N) is 3. The molecule has 6 nitrogen and oxygen atoms in total. The molecule has 0 bridgehead atoms. The van der Waals surface area contributed by atoms with Crippen LogP contribution in [0.2, 0.25) is 0 Å². The topological polar surface area (TPSA) is 72.3 Å². The van der Waals surface area contributed by atoms with Crippen LogP contribution in [-0.4, -0.2) is 35.3 Å². The maximum atomic E-state index is 13.2. The van der Waals surface area contributed by atoms with Crippen molar-refractivity contribution in [3.05, 3.63) is 47.8 Å². The molecule has 0 N–H and O–H groups in total. The van der Waals surface area contributed by atoms with Gasteiger partial charge in [-0.15, -0.1) is 0 Å². The summed E-state index contributed by atoms with van der Waals surface area (Å²) < 4.78 is 28.3. The predicted octanol–water partition coefficient (Wildman–Crippen LogP) is 4.69. The van der Waals surface area contributed by atoms with E-state index in [4.69, 9.17) is 0 Å². The van der Waals surface area contributed by atoms with Crippen LogP contribution >= 0.6 is 0 Å². The predicted molar refractivity (Wildman–Crippen MR) is 127 cm³/mol. The highest BCUT2D eigenvalue weighted by Gasteiger charge is 2.31. The van der Waals surface area contributed by atoms with E-state index in [1.807, 2.05) is 39.8 Å². The second-order valence-corrected chi connectivity index (χ2v) is 12.6. The molecular formula is C25H37N3O3S. The summed E-state index contributed by atoms with van der Waals surface area (Å²) in [6.07, 6.45) is 4.42. The second kappa shape index (κ2) is 9.77. The van der Waals surface area contributed by atoms with Crippen LogP contribution in [0.15, 0.2) is 41.7 Å². The molecule has 1 heterocycles. The second-order valence-electron chi connectivity index (χ2n) is 10.7. The summed E-state index contributed by atoms with van der Waals surface area (Å²) in [4.78, 5) is 19.3. The SMILES string of the molecule is CC(C)Cn1c(CN(CC2CC2)C(=O)CC(C)(C)C)cnc1S(=O)(=O)Cc1ccccc1. The summed E-state index contributed by atoms with van der Waals surface area (Å²) >= 11 is 0. The summed E-state index contributed by atoms with van der Waals surface area (Å²) in [7, 11) is -3.62. The Labute approximate surface area is 193 Å². The van der Waals surface area contributed by atoms with E-state index in [-0.39, 0.29) is 28.1 Å². The summed E-state index contributed by atoms with van der Waals surface area (Å²) in [6, 6.07) is 9.19. The minimum Gasteiger partial charge on any atom is -0.337 e. The van der Waals surface area contributed by atoms with Crippen LogP contribution in [0, 0.1) is 17.3 Å². The third-order valence-electron chi connectivity index (χ3n) is 5.49. The van der Waals surface area contributed by atoms with Crippen molar-refractivity contribution in [2.75, 3.05) is 6.54 Å². The van der Waals surface area contributed by atoms with Crippen LogP contribution in [0.4, 0.5) is 0 Å². The van der Waals surface area contributed by atoms with Gasteiger partial charge in [-0.25, -0.2) is 13.4 Å². The average molecular weight is 460 g/mol. The minimum atomic E-state index is -3.62. The number of sulfone groups is 1. The molecule has 1 aromatic heterocycles. The van der Waals surface area contributed by atoms with Crippen molar-refractivity contribution < 1.29 is 13.2 Å². The zero-order valence-corrected chi connectivity index (χ0v) is 20.9. The van der Waals surface area contributed by atoms with Gasteiger partial charge in [0, 0.05) is 19.5 Å². The first-order chi connectivity index (χ1) is 14.9. The van der Waals surface area contributed by atoms with E-state index < -0.39 is 9.84 Å². The highest BCUT2D eigenvalue weighted by molar-refractivity contribution is 7.90. The molecular weight excluding hydrogens is 422 g/mol. The number of benzene rings is 1. The molecule has 0 aliphatic heterocycles. The first kappa shape index (κ1) is 24.5. The van der Waals surface area contributed by atoms with Gasteiger partial charge in [-0.05, 0) is 35.7 Å². The van der Waals surface area contributed by atoms with E-state index in [9.17, 15) is 13.2 Å². The Bertz CT molecular complexity index is 1020. The molecule has 1 aliphatic carbocycles. The highest BCUT2D eigenvalue weighted by Crippen LogP contribution is 2.32. The molecule has 1 saturated carbocycles. The van der Waals surface area contributed by atoms with Crippen molar-refractivity contribution in [3.8, 4) is 0 Å². The fraction of sp³-hybridized carbons (Fsp3) is 0.600. The molecule has 2 aromatic rings. The van der Waals surface area contributed by atoms with Gasteiger partial charge in [-0.2, -0.15) is 0 Å². The van der Waals surface area contributed by atoms with Crippen molar-refractivity contribution in [2.45, 2.75) is 77.9 Å². The van der Waals surface area contributed by atoms with Gasteiger partial charge in [-0.1, -0.05) is 65.0 Å². The van der Waals surface area contributed by atoms with Gasteiger partial charge in [0.15, 0.2) is 0 Å². The molecule has 7 heteroatoms. The lowest BCUT2D eigenvalue weighted by molar-refractivity contribution is -0.134. The fourth-order valence-corrected chi connectivity index (χ4v) is 5.31. The molecule has 32 heavy (non-hydrogen) atoms. The molecule has 1 amide bonds. The van der Waals surface area contributed by atoms with Gasteiger partial charge in [0.2, 0.25) is 20.9 Å². The monoisotopic (exact) mass is 459 g/mol. The van der Waals surface area contributed by atoms with E-state index in [2.05, 4.69) is 39.6 Å². The summed E-state index contributed by atoms with van der Waals surface area (Å²) in [5, 5.41) is 0.0969. The van der Waals surface area contributed by atoms with Crippen LogP contribution < -0.4 is 0 Å². The maximum absolute atomic E-state index is 13.2. The largest absolute Gasteiger partial charge is 0.337 e. The van der Waals surface area contributed by atoms with Crippen molar-refractivity contribution in [2.24, 2.45) is 17.3 Å². The van der Waals surface area contributed by atoms with E-state index in [1.165, 1.54) is 0 Å². The summed E-state index contributed by atoms with van der Waals surface area (Å²) in [5.74, 6) is 0.838. The van der Waals surface area contributed by atoms with Crippen LogP contribution in [0.3, 0.4) is 0 Å². The standard InChI is InChI=1S/C25H37N3O3S/c1-19(2)15-28-22(17-27(16-20-11-12-20)23(29)13-25(3,4)5)14-26-24(28)32(30,31)18-21-9-7-6-8-10-21/h6-10,14,19-20H,11-13,15-18H2,1-5H3. The van der Waals surface area contributed by atoms with Crippen LogP contribution in [0.1, 0.15) is 65.1 Å². The number of carbonyl (C=O) groups is 1. The number of rotatable bonds is 10. The Kier molecular flexibility index (Phi) is 7.48. The van der Waals surface area contributed by atoms with Gasteiger partial charge in [-0.3, -0.25) is 4.79 Å². The molecule has 176 valence electrons. The lowest BCUT2D eigenvalue weighted by atomic mass is 9.91. The molecule has 3 rings (SSSR count). The lowest BCUT2D eigenvalue weighted by Crippen LogP contribution is -2.35. The first-order valence-electron chi connectivity index (χ1n) is 11.5. The third-order valence-corrected chi connectivity index (χ3v) is 7.09. The molecule has 1 aliphatic rings. The number of hydrogen-bond acceptors (Lipinski definition) is 4. The van der Waals surface area contributed by atoms with Crippen molar-refractivity contribution in [1.29, 1.82) is 0 Å². The van der Waals surface area contributed by atoms with Crippen molar-refractivity contribution in [3.63, 3.8) is 0 Å². The number of carbonyl (C=O) groups excluding carboxylic acids is 1. The van der Waals surface area contributed by atoms with Crippen LogP contribution in [-0.2, 0) is 33.5 Å². The van der Waals surface area contributed by atoms with Crippen molar-refractivity contribution >= 4 is 15.7 Å². The molecule has 0 saturated heterocycles. The van der Waals surface area contributed by atoms with Gasteiger partial charge in [0.25, 0.3) is 0 Å². The summed E-state index contributed by atoms with van der Waals surface area (Å²) in [5.41, 5.74) is 1.43. The Hall–Kier alpha value is -2.15. The fourth-order valence-electron chi connectivity index (χ4n) is 3.81. The quantitative estimate of drug-likeness (QED) is 0.517. The Morgan fingerprint density at radius 1 is 1.19 bits per heavy atom. The molecule has 1 aromatic carbocycles. The minimum absolute atomic E-state index is 0.0862. The molecule has 1 fully saturated rings. The molecule has 0 radical (unpaired) electrons. The maximum Gasteiger partial charge on any atom is 0.228 e. The number of aromatic nitrogens is 2.